The van der Waals surface area contributed by atoms with Gasteiger partial charge in [0.25, 0.3) is 0 Å². The maximum absolute atomic E-state index is 5.41. The molecule has 1 fully saturated rings. The lowest BCUT2D eigenvalue weighted by Crippen LogP contribution is -2.45. The molecule has 0 aliphatic carbocycles. The van der Waals surface area contributed by atoms with Crippen molar-refractivity contribution in [2.45, 2.75) is 25.8 Å². The van der Waals surface area contributed by atoms with Crippen molar-refractivity contribution in [2.24, 2.45) is 0 Å². The molecule has 0 amide bonds. The van der Waals surface area contributed by atoms with Crippen LogP contribution in [0.15, 0.2) is 4.52 Å². The molecule has 1 saturated heterocycles. The van der Waals surface area contributed by atoms with Crippen LogP contribution in [-0.2, 0) is 0 Å². The Morgan fingerprint density at radius 1 is 1.42 bits per heavy atom. The molecule has 2 rings (SSSR count). The van der Waals surface area contributed by atoms with Crippen LogP contribution in [0.4, 0.5) is 0 Å². The third-order valence-electron chi connectivity index (χ3n) is 3.73. The average molecular weight is 267 g/mol. The predicted molar refractivity (Wildman–Crippen MR) is 74.1 cm³/mol. The molecule has 1 aliphatic heterocycles. The molecule has 0 spiro atoms. The normalized spacial score (nSPS) is 23.7. The molecule has 0 bridgehead atoms. The van der Waals surface area contributed by atoms with Gasteiger partial charge < -0.3 is 14.7 Å². The largest absolute Gasteiger partial charge is 0.339 e. The smallest absolute Gasteiger partial charge is 0.230 e. The van der Waals surface area contributed by atoms with E-state index in [4.69, 9.17) is 4.52 Å². The Morgan fingerprint density at radius 3 is 2.95 bits per heavy atom. The number of nitrogens with zero attached hydrogens (tertiary/aromatic N) is 4. The van der Waals surface area contributed by atoms with Crippen LogP contribution in [0, 0.1) is 0 Å². The number of rotatable bonds is 5. The Balaban J connectivity index is 2.03. The predicted octanol–water partition coefficient (Wildman–Crippen LogP) is 0.701. The minimum Gasteiger partial charge on any atom is -0.339 e. The summed E-state index contributed by atoms with van der Waals surface area (Å²) in [6, 6.07) is 0.239. The van der Waals surface area contributed by atoms with Gasteiger partial charge in [0, 0.05) is 32.1 Å². The highest BCUT2D eigenvalue weighted by Crippen LogP contribution is 2.22. The van der Waals surface area contributed by atoms with E-state index in [-0.39, 0.29) is 12.0 Å². The van der Waals surface area contributed by atoms with E-state index in [0.29, 0.717) is 0 Å². The van der Waals surface area contributed by atoms with Crippen molar-refractivity contribution in [3.8, 4) is 0 Å². The minimum absolute atomic E-state index is 0.239. The van der Waals surface area contributed by atoms with E-state index < -0.39 is 0 Å². The highest BCUT2D eigenvalue weighted by atomic mass is 16.5. The number of hydrogen-bond donors (Lipinski definition) is 1. The molecule has 2 unspecified atom stereocenters. The Kier molecular flexibility index (Phi) is 4.90. The maximum atomic E-state index is 5.41. The summed E-state index contributed by atoms with van der Waals surface area (Å²) in [6.45, 7) is 9.12. The first-order valence-corrected chi connectivity index (χ1v) is 7.04. The lowest BCUT2D eigenvalue weighted by atomic mass is 10.1. The Labute approximate surface area is 115 Å². The summed E-state index contributed by atoms with van der Waals surface area (Å²) in [5.74, 6) is 1.80. The minimum atomic E-state index is 0.239. The van der Waals surface area contributed by atoms with Gasteiger partial charge in [0.05, 0.1) is 6.04 Å². The van der Waals surface area contributed by atoms with E-state index in [1.165, 1.54) is 0 Å². The van der Waals surface area contributed by atoms with Crippen molar-refractivity contribution in [3.05, 3.63) is 11.7 Å². The third kappa shape index (κ3) is 3.52. The molecule has 0 aromatic carbocycles. The fourth-order valence-electron chi connectivity index (χ4n) is 2.32. The number of hydrogen-bond acceptors (Lipinski definition) is 6. The first-order chi connectivity index (χ1) is 9.11. The molecule has 1 N–H and O–H groups in total. The standard InChI is InChI=1S/C13H25N5O/c1-5-14-8-10(2)13-15-12(16-19-13)11-9-17(3)6-7-18(11)4/h10-11,14H,5-9H2,1-4H3. The highest BCUT2D eigenvalue weighted by Gasteiger charge is 2.28. The first kappa shape index (κ1) is 14.4. The van der Waals surface area contributed by atoms with Crippen LogP contribution in [0.2, 0.25) is 0 Å². The Morgan fingerprint density at radius 2 is 2.21 bits per heavy atom. The summed E-state index contributed by atoms with van der Waals surface area (Å²) >= 11 is 0. The van der Waals surface area contributed by atoms with Gasteiger partial charge in [-0.2, -0.15) is 4.98 Å². The molecular formula is C13H25N5O. The summed E-state index contributed by atoms with van der Waals surface area (Å²) in [5.41, 5.74) is 0. The van der Waals surface area contributed by atoms with Crippen molar-refractivity contribution < 1.29 is 4.52 Å². The second-order valence-electron chi connectivity index (χ2n) is 5.46. The second-order valence-corrected chi connectivity index (χ2v) is 5.46. The van der Waals surface area contributed by atoms with Crippen LogP contribution in [-0.4, -0.2) is 66.8 Å². The molecule has 0 saturated carbocycles. The van der Waals surface area contributed by atoms with E-state index in [1.54, 1.807) is 0 Å². The van der Waals surface area contributed by atoms with Gasteiger partial charge in [-0.25, -0.2) is 0 Å². The maximum Gasteiger partial charge on any atom is 0.230 e. The average Bonchev–Trinajstić information content (AvgIpc) is 2.88. The van der Waals surface area contributed by atoms with Gasteiger partial charge in [-0.05, 0) is 20.6 Å². The van der Waals surface area contributed by atoms with Crippen molar-refractivity contribution in [2.75, 3.05) is 46.8 Å². The Hall–Kier alpha value is -0.980. The van der Waals surface area contributed by atoms with Gasteiger partial charge in [-0.3, -0.25) is 4.90 Å². The van der Waals surface area contributed by atoms with Crippen LogP contribution < -0.4 is 5.32 Å². The fourth-order valence-corrected chi connectivity index (χ4v) is 2.32. The molecule has 6 heteroatoms. The van der Waals surface area contributed by atoms with Crippen LogP contribution in [0.3, 0.4) is 0 Å². The summed E-state index contributed by atoms with van der Waals surface area (Å²) < 4.78 is 5.41. The zero-order valence-electron chi connectivity index (χ0n) is 12.4. The highest BCUT2D eigenvalue weighted by molar-refractivity contribution is 5.00. The van der Waals surface area contributed by atoms with E-state index in [9.17, 15) is 0 Å². The van der Waals surface area contributed by atoms with Crippen molar-refractivity contribution in [1.82, 2.24) is 25.3 Å². The molecule has 2 heterocycles. The topological polar surface area (TPSA) is 57.4 Å². The van der Waals surface area contributed by atoms with Crippen molar-refractivity contribution in [1.29, 1.82) is 0 Å². The molecule has 0 radical (unpaired) electrons. The van der Waals surface area contributed by atoms with E-state index in [2.05, 4.69) is 53.2 Å². The number of piperazine rings is 1. The molecule has 19 heavy (non-hydrogen) atoms. The van der Waals surface area contributed by atoms with Gasteiger partial charge in [-0.15, -0.1) is 0 Å². The lowest BCUT2D eigenvalue weighted by Gasteiger charge is -2.35. The molecule has 1 aliphatic rings. The molecular weight excluding hydrogens is 242 g/mol. The first-order valence-electron chi connectivity index (χ1n) is 7.04. The molecule has 1 aromatic heterocycles. The van der Waals surface area contributed by atoms with Crippen LogP contribution in [0.25, 0.3) is 0 Å². The number of aromatic nitrogens is 2. The van der Waals surface area contributed by atoms with Crippen LogP contribution >= 0.6 is 0 Å². The SMILES string of the molecule is CCNCC(C)c1nc(C2CN(C)CCN2C)no1. The third-order valence-corrected chi connectivity index (χ3v) is 3.73. The van der Waals surface area contributed by atoms with Crippen LogP contribution in [0.1, 0.15) is 37.5 Å². The van der Waals surface area contributed by atoms with Gasteiger partial charge >= 0.3 is 0 Å². The van der Waals surface area contributed by atoms with Gasteiger partial charge in [0.1, 0.15) is 0 Å². The van der Waals surface area contributed by atoms with Crippen molar-refractivity contribution >= 4 is 0 Å². The van der Waals surface area contributed by atoms with E-state index >= 15 is 0 Å². The molecule has 6 nitrogen and oxygen atoms in total. The summed E-state index contributed by atoms with van der Waals surface area (Å²) in [7, 11) is 4.25. The number of likely N-dealkylation sites (N-methyl/N-ethyl adjacent to an activating group) is 3. The lowest BCUT2D eigenvalue weighted by molar-refractivity contribution is 0.108. The zero-order valence-corrected chi connectivity index (χ0v) is 12.4. The van der Waals surface area contributed by atoms with Gasteiger partial charge in [0.15, 0.2) is 5.82 Å². The van der Waals surface area contributed by atoms with E-state index in [0.717, 1.165) is 44.4 Å². The number of nitrogens with one attached hydrogen (secondary N) is 1. The molecule has 1 aromatic rings. The van der Waals surface area contributed by atoms with Crippen molar-refractivity contribution in [3.63, 3.8) is 0 Å². The van der Waals surface area contributed by atoms with E-state index in [1.807, 2.05) is 0 Å². The fraction of sp³-hybridized carbons (Fsp3) is 0.846. The zero-order chi connectivity index (χ0) is 13.8. The summed E-state index contributed by atoms with van der Waals surface area (Å²) in [4.78, 5) is 9.19. The summed E-state index contributed by atoms with van der Waals surface area (Å²) in [5, 5.41) is 7.48. The second kappa shape index (κ2) is 6.45. The summed E-state index contributed by atoms with van der Waals surface area (Å²) in [6.07, 6.45) is 0. The molecule has 2 atom stereocenters. The van der Waals surface area contributed by atoms with Gasteiger partial charge in [0.2, 0.25) is 5.89 Å². The monoisotopic (exact) mass is 267 g/mol. The Bertz CT molecular complexity index is 394. The molecule has 108 valence electrons. The van der Waals surface area contributed by atoms with Crippen LogP contribution in [0.5, 0.6) is 0 Å². The quantitative estimate of drug-likeness (QED) is 0.847. The van der Waals surface area contributed by atoms with Gasteiger partial charge in [-0.1, -0.05) is 19.0 Å².